The Morgan fingerprint density at radius 3 is 2.46 bits per heavy atom. The molecule has 0 aliphatic carbocycles. The van der Waals surface area contributed by atoms with Crippen molar-refractivity contribution in [2.75, 3.05) is 26.9 Å². The largest absolute Gasteiger partial charge is 0.491 e. The second-order valence-electron chi connectivity index (χ2n) is 6.17. The zero-order chi connectivity index (χ0) is 20.4. The summed E-state index contributed by atoms with van der Waals surface area (Å²) in [4.78, 5) is 4.12. The minimum atomic E-state index is -0.477. The lowest BCUT2D eigenvalue weighted by Gasteiger charge is -2.16. The fraction of sp³-hybridized carbons (Fsp3) is 0.381. The van der Waals surface area contributed by atoms with Crippen LogP contribution in [0.15, 0.2) is 41.4 Å². The number of benzene rings is 2. The first kappa shape index (κ1) is 21.6. The number of halogens is 2. The molecule has 0 spiro atoms. The van der Waals surface area contributed by atoms with Crippen LogP contribution in [0.5, 0.6) is 5.75 Å². The van der Waals surface area contributed by atoms with Gasteiger partial charge < -0.3 is 20.1 Å². The molecule has 0 radical (unpaired) electrons. The smallest absolute Gasteiger partial charge is 0.191 e. The standard InChI is InChI=1S/C21H27F2N3O2/c1-4-27-9-10-28-20-11-15(2)5-6-16(20)13-25-21(24-3)26-14-17-12-18(22)7-8-19(17)23/h5-8,11-12H,4,9-10,13-14H2,1-3H3,(H2,24,25,26). The van der Waals surface area contributed by atoms with Gasteiger partial charge in [0.15, 0.2) is 5.96 Å². The minimum absolute atomic E-state index is 0.120. The quantitative estimate of drug-likeness (QED) is 0.390. The number of nitrogens with zero attached hydrogens (tertiary/aromatic N) is 1. The Morgan fingerprint density at radius 2 is 1.75 bits per heavy atom. The topological polar surface area (TPSA) is 54.9 Å². The Balaban J connectivity index is 1.94. The molecular weight excluding hydrogens is 364 g/mol. The highest BCUT2D eigenvalue weighted by atomic mass is 19.1. The van der Waals surface area contributed by atoms with Crippen LogP contribution in [0.3, 0.4) is 0 Å². The van der Waals surface area contributed by atoms with Gasteiger partial charge in [0.2, 0.25) is 0 Å². The van der Waals surface area contributed by atoms with E-state index >= 15 is 0 Å². The Bertz CT molecular complexity index is 797. The van der Waals surface area contributed by atoms with Gasteiger partial charge in [-0.05, 0) is 43.7 Å². The van der Waals surface area contributed by atoms with E-state index in [2.05, 4.69) is 15.6 Å². The van der Waals surface area contributed by atoms with E-state index < -0.39 is 11.6 Å². The predicted octanol–water partition coefficient (Wildman–Crippen LogP) is 3.55. The molecule has 2 aromatic carbocycles. The molecular formula is C21H27F2N3O2. The minimum Gasteiger partial charge on any atom is -0.491 e. The summed E-state index contributed by atoms with van der Waals surface area (Å²) in [6.45, 7) is 6.18. The van der Waals surface area contributed by atoms with Crippen molar-refractivity contribution in [3.05, 3.63) is 64.7 Å². The SMILES string of the molecule is CCOCCOc1cc(C)ccc1CNC(=NC)NCc1cc(F)ccc1F. The maximum Gasteiger partial charge on any atom is 0.191 e. The summed E-state index contributed by atoms with van der Waals surface area (Å²) in [7, 11) is 1.62. The average molecular weight is 391 g/mol. The molecule has 0 fully saturated rings. The third-order valence-electron chi connectivity index (χ3n) is 4.04. The summed E-state index contributed by atoms with van der Waals surface area (Å²) in [5.41, 5.74) is 2.29. The summed E-state index contributed by atoms with van der Waals surface area (Å²) in [5.74, 6) is 0.311. The van der Waals surface area contributed by atoms with Gasteiger partial charge in [0.05, 0.1) is 6.61 Å². The van der Waals surface area contributed by atoms with Crippen LogP contribution >= 0.6 is 0 Å². The molecule has 0 saturated heterocycles. The molecule has 0 heterocycles. The van der Waals surface area contributed by atoms with Crippen molar-refractivity contribution in [3.63, 3.8) is 0 Å². The van der Waals surface area contributed by atoms with Crippen molar-refractivity contribution in [1.82, 2.24) is 10.6 Å². The number of rotatable bonds is 9. The van der Waals surface area contributed by atoms with Crippen LogP contribution < -0.4 is 15.4 Å². The lowest BCUT2D eigenvalue weighted by Crippen LogP contribution is -2.36. The lowest BCUT2D eigenvalue weighted by molar-refractivity contribution is 0.110. The summed E-state index contributed by atoms with van der Waals surface area (Å²) < 4.78 is 38.2. The molecule has 2 aromatic rings. The molecule has 0 bridgehead atoms. The number of hydrogen-bond donors (Lipinski definition) is 2. The highest BCUT2D eigenvalue weighted by molar-refractivity contribution is 5.79. The first-order valence-corrected chi connectivity index (χ1v) is 9.22. The second kappa shape index (κ2) is 11.2. The van der Waals surface area contributed by atoms with Crippen molar-refractivity contribution in [2.45, 2.75) is 26.9 Å². The fourth-order valence-corrected chi connectivity index (χ4v) is 2.55. The third-order valence-corrected chi connectivity index (χ3v) is 4.04. The zero-order valence-electron chi connectivity index (χ0n) is 16.5. The van der Waals surface area contributed by atoms with Crippen molar-refractivity contribution >= 4 is 5.96 Å². The molecule has 0 aliphatic heterocycles. The number of aryl methyl sites for hydroxylation is 1. The molecule has 7 heteroatoms. The van der Waals surface area contributed by atoms with Crippen LogP contribution in [-0.4, -0.2) is 32.8 Å². The number of ether oxygens (including phenoxy) is 2. The first-order valence-electron chi connectivity index (χ1n) is 9.22. The Kier molecular flexibility index (Phi) is 8.68. The van der Waals surface area contributed by atoms with Crippen molar-refractivity contribution in [2.24, 2.45) is 4.99 Å². The normalized spacial score (nSPS) is 11.4. The van der Waals surface area contributed by atoms with Crippen LogP contribution in [0.25, 0.3) is 0 Å². The van der Waals surface area contributed by atoms with E-state index in [1.165, 1.54) is 6.07 Å². The van der Waals surface area contributed by atoms with E-state index in [0.717, 1.165) is 29.0 Å². The monoisotopic (exact) mass is 391 g/mol. The molecule has 28 heavy (non-hydrogen) atoms. The van der Waals surface area contributed by atoms with Gasteiger partial charge in [-0.3, -0.25) is 4.99 Å². The molecule has 152 valence electrons. The first-order chi connectivity index (χ1) is 13.5. The molecule has 0 unspecified atom stereocenters. The van der Waals surface area contributed by atoms with Gasteiger partial charge in [-0.1, -0.05) is 12.1 Å². The molecule has 2 N–H and O–H groups in total. The van der Waals surface area contributed by atoms with E-state index in [0.29, 0.717) is 32.3 Å². The molecule has 5 nitrogen and oxygen atoms in total. The van der Waals surface area contributed by atoms with Crippen LogP contribution in [0.4, 0.5) is 8.78 Å². The summed E-state index contributed by atoms with van der Waals surface area (Å²) >= 11 is 0. The Hall–Kier alpha value is -2.67. The number of hydrogen-bond acceptors (Lipinski definition) is 3. The number of aliphatic imine (C=N–C) groups is 1. The summed E-state index contributed by atoms with van der Waals surface area (Å²) in [6.07, 6.45) is 0. The average Bonchev–Trinajstić information content (AvgIpc) is 2.69. The summed E-state index contributed by atoms with van der Waals surface area (Å²) in [5, 5.41) is 6.15. The van der Waals surface area contributed by atoms with Crippen molar-refractivity contribution < 1.29 is 18.3 Å². The van der Waals surface area contributed by atoms with Crippen LogP contribution in [0.1, 0.15) is 23.6 Å². The van der Waals surface area contributed by atoms with E-state index in [-0.39, 0.29) is 12.1 Å². The second-order valence-corrected chi connectivity index (χ2v) is 6.17. The molecule has 0 atom stereocenters. The van der Waals surface area contributed by atoms with Gasteiger partial charge >= 0.3 is 0 Å². The van der Waals surface area contributed by atoms with Gasteiger partial charge in [-0.2, -0.15) is 0 Å². The number of guanidine groups is 1. The highest BCUT2D eigenvalue weighted by Gasteiger charge is 2.08. The van der Waals surface area contributed by atoms with Crippen molar-refractivity contribution in [3.8, 4) is 5.75 Å². The Morgan fingerprint density at radius 1 is 1.00 bits per heavy atom. The summed E-state index contributed by atoms with van der Waals surface area (Å²) in [6, 6.07) is 9.33. The van der Waals surface area contributed by atoms with Crippen molar-refractivity contribution in [1.29, 1.82) is 0 Å². The fourth-order valence-electron chi connectivity index (χ4n) is 2.55. The molecule has 0 aromatic heterocycles. The predicted molar refractivity (Wildman–Crippen MR) is 107 cm³/mol. The van der Waals surface area contributed by atoms with Crippen LogP contribution in [-0.2, 0) is 17.8 Å². The van der Waals surface area contributed by atoms with E-state index in [9.17, 15) is 8.78 Å². The van der Waals surface area contributed by atoms with Gasteiger partial charge in [0.25, 0.3) is 0 Å². The van der Waals surface area contributed by atoms with Crippen LogP contribution in [0, 0.1) is 18.6 Å². The van der Waals surface area contributed by atoms with Crippen LogP contribution in [0.2, 0.25) is 0 Å². The zero-order valence-corrected chi connectivity index (χ0v) is 16.5. The van der Waals surface area contributed by atoms with Gasteiger partial charge in [-0.15, -0.1) is 0 Å². The highest BCUT2D eigenvalue weighted by Crippen LogP contribution is 2.20. The molecule has 0 saturated carbocycles. The molecule has 2 rings (SSSR count). The van der Waals surface area contributed by atoms with E-state index in [1.54, 1.807) is 7.05 Å². The third kappa shape index (κ3) is 6.81. The number of nitrogens with one attached hydrogen (secondary N) is 2. The Labute approximate surface area is 164 Å². The maximum atomic E-state index is 13.7. The van der Waals surface area contributed by atoms with Gasteiger partial charge in [-0.25, -0.2) is 8.78 Å². The molecule has 0 amide bonds. The van der Waals surface area contributed by atoms with Gasteiger partial charge in [0.1, 0.15) is 24.0 Å². The maximum absolute atomic E-state index is 13.7. The van der Waals surface area contributed by atoms with E-state index in [1.807, 2.05) is 32.0 Å². The molecule has 0 aliphatic rings. The van der Waals surface area contributed by atoms with Gasteiger partial charge in [0, 0.05) is 37.9 Å². The van der Waals surface area contributed by atoms with E-state index in [4.69, 9.17) is 9.47 Å². The lowest BCUT2D eigenvalue weighted by atomic mass is 10.1.